The van der Waals surface area contributed by atoms with Crippen molar-refractivity contribution in [1.29, 1.82) is 0 Å². The van der Waals surface area contributed by atoms with E-state index in [4.69, 9.17) is 14.9 Å². The van der Waals surface area contributed by atoms with Crippen LogP contribution in [0.3, 0.4) is 0 Å². The highest BCUT2D eigenvalue weighted by molar-refractivity contribution is 9.10. The first-order chi connectivity index (χ1) is 8.60. The van der Waals surface area contributed by atoms with E-state index in [0.29, 0.717) is 11.1 Å². The molecule has 18 heavy (non-hydrogen) atoms. The molecule has 96 valence electrons. The second-order valence-corrected chi connectivity index (χ2v) is 5.61. The third kappa shape index (κ3) is 3.16. The van der Waals surface area contributed by atoms with Gasteiger partial charge in [0.25, 0.3) is 0 Å². The summed E-state index contributed by atoms with van der Waals surface area (Å²) in [5, 5.41) is 0. The highest BCUT2D eigenvalue weighted by atomic mass is 79.9. The van der Waals surface area contributed by atoms with Crippen molar-refractivity contribution in [3.63, 3.8) is 0 Å². The summed E-state index contributed by atoms with van der Waals surface area (Å²) in [5.41, 5.74) is 7.18. The number of furan rings is 1. The van der Waals surface area contributed by atoms with Crippen molar-refractivity contribution in [1.82, 2.24) is 0 Å². The lowest BCUT2D eigenvalue weighted by atomic mass is 10.0. The molecule has 0 aliphatic heterocycles. The van der Waals surface area contributed by atoms with Crippen LogP contribution in [0.2, 0.25) is 0 Å². The molecule has 0 aliphatic rings. The van der Waals surface area contributed by atoms with Crippen LogP contribution in [0.5, 0.6) is 5.75 Å². The second-order valence-electron chi connectivity index (χ2n) is 3.91. The van der Waals surface area contributed by atoms with Gasteiger partial charge in [-0.25, -0.2) is 0 Å². The Bertz CT molecular complexity index is 540. The topological polar surface area (TPSA) is 48.4 Å². The normalized spacial score (nSPS) is 12.4. The van der Waals surface area contributed by atoms with Crippen molar-refractivity contribution in [3.8, 4) is 5.75 Å². The summed E-state index contributed by atoms with van der Waals surface area (Å²) in [4.78, 5) is 0. The molecule has 1 aromatic carbocycles. The molecular formula is C13H13Br2NO2. The van der Waals surface area contributed by atoms with Crippen LogP contribution in [0.25, 0.3) is 0 Å². The summed E-state index contributed by atoms with van der Waals surface area (Å²) in [6.07, 6.45) is 0.655. The molecule has 2 rings (SSSR count). The van der Waals surface area contributed by atoms with Gasteiger partial charge in [0.1, 0.15) is 11.5 Å². The van der Waals surface area contributed by atoms with Crippen molar-refractivity contribution in [2.45, 2.75) is 12.5 Å². The van der Waals surface area contributed by atoms with Gasteiger partial charge in [0, 0.05) is 4.47 Å². The standard InChI is InChI=1S/C13H13Br2NO2/c1-17-11-3-2-9(14)6-8(11)7-10(16)12-4-5-13(15)18-12/h2-6,10H,7,16H2,1H3. The SMILES string of the molecule is COc1ccc(Br)cc1CC(N)c1ccc(Br)o1. The third-order valence-corrected chi connectivity index (χ3v) is 3.56. The highest BCUT2D eigenvalue weighted by Gasteiger charge is 2.14. The fourth-order valence-electron chi connectivity index (χ4n) is 1.77. The molecular weight excluding hydrogens is 362 g/mol. The van der Waals surface area contributed by atoms with E-state index >= 15 is 0 Å². The van der Waals surface area contributed by atoms with Crippen molar-refractivity contribution in [2.75, 3.05) is 7.11 Å². The first-order valence-electron chi connectivity index (χ1n) is 5.43. The zero-order valence-electron chi connectivity index (χ0n) is 9.82. The maximum Gasteiger partial charge on any atom is 0.169 e. The minimum atomic E-state index is -0.195. The number of ether oxygens (including phenoxy) is 1. The van der Waals surface area contributed by atoms with Gasteiger partial charge in [-0.05, 0) is 58.2 Å². The van der Waals surface area contributed by atoms with Gasteiger partial charge in [0.2, 0.25) is 0 Å². The summed E-state index contributed by atoms with van der Waals surface area (Å²) >= 11 is 6.72. The van der Waals surface area contributed by atoms with Crippen LogP contribution in [0.15, 0.2) is 43.9 Å². The molecule has 1 heterocycles. The van der Waals surface area contributed by atoms with Crippen LogP contribution in [-0.4, -0.2) is 7.11 Å². The van der Waals surface area contributed by atoms with Gasteiger partial charge in [-0.2, -0.15) is 0 Å². The molecule has 5 heteroatoms. The Morgan fingerprint density at radius 2 is 2.06 bits per heavy atom. The van der Waals surface area contributed by atoms with Gasteiger partial charge < -0.3 is 14.9 Å². The Labute approximate surface area is 123 Å². The van der Waals surface area contributed by atoms with Crippen LogP contribution in [0, 0.1) is 0 Å². The third-order valence-electron chi connectivity index (χ3n) is 2.64. The van der Waals surface area contributed by atoms with Gasteiger partial charge in [-0.3, -0.25) is 0 Å². The number of benzene rings is 1. The van der Waals surface area contributed by atoms with Crippen molar-refractivity contribution < 1.29 is 9.15 Å². The zero-order chi connectivity index (χ0) is 13.1. The number of rotatable bonds is 4. The van der Waals surface area contributed by atoms with Gasteiger partial charge in [0.15, 0.2) is 4.67 Å². The number of hydrogen-bond donors (Lipinski definition) is 1. The van der Waals surface area contributed by atoms with E-state index in [-0.39, 0.29) is 6.04 Å². The Balaban J connectivity index is 2.20. The molecule has 0 saturated carbocycles. The molecule has 0 aliphatic carbocycles. The Hall–Kier alpha value is -0.780. The summed E-state index contributed by atoms with van der Waals surface area (Å²) in [7, 11) is 1.65. The largest absolute Gasteiger partial charge is 0.496 e. The van der Waals surface area contributed by atoms with E-state index < -0.39 is 0 Å². The zero-order valence-corrected chi connectivity index (χ0v) is 13.0. The molecule has 3 nitrogen and oxygen atoms in total. The van der Waals surface area contributed by atoms with Gasteiger partial charge in [-0.15, -0.1) is 0 Å². The number of methoxy groups -OCH3 is 1. The van der Waals surface area contributed by atoms with E-state index in [1.54, 1.807) is 7.11 Å². The highest BCUT2D eigenvalue weighted by Crippen LogP contribution is 2.28. The molecule has 1 atom stereocenters. The van der Waals surface area contributed by atoms with Gasteiger partial charge >= 0.3 is 0 Å². The molecule has 0 fully saturated rings. The molecule has 1 unspecified atom stereocenters. The van der Waals surface area contributed by atoms with E-state index in [2.05, 4.69) is 31.9 Å². The lowest BCUT2D eigenvalue weighted by molar-refractivity contribution is 0.403. The second kappa shape index (κ2) is 5.91. The average molecular weight is 375 g/mol. The Morgan fingerprint density at radius 3 is 2.67 bits per heavy atom. The van der Waals surface area contributed by atoms with Crippen LogP contribution >= 0.6 is 31.9 Å². The van der Waals surface area contributed by atoms with Crippen LogP contribution in [0.4, 0.5) is 0 Å². The van der Waals surface area contributed by atoms with Gasteiger partial charge in [-0.1, -0.05) is 15.9 Å². The Kier molecular flexibility index (Phi) is 4.48. The van der Waals surface area contributed by atoms with E-state index in [1.807, 2.05) is 30.3 Å². The van der Waals surface area contributed by atoms with Crippen LogP contribution in [-0.2, 0) is 6.42 Å². The predicted molar refractivity (Wildman–Crippen MR) is 77.7 cm³/mol. The number of nitrogens with two attached hydrogens (primary N) is 1. The van der Waals surface area contributed by atoms with Crippen LogP contribution in [0.1, 0.15) is 17.4 Å². The molecule has 2 aromatic rings. The summed E-state index contributed by atoms with van der Waals surface area (Å²) in [6.45, 7) is 0. The minimum Gasteiger partial charge on any atom is -0.496 e. The first-order valence-corrected chi connectivity index (χ1v) is 7.02. The summed E-state index contributed by atoms with van der Waals surface area (Å²) in [6, 6.07) is 9.39. The molecule has 0 spiro atoms. The molecule has 0 amide bonds. The molecule has 0 saturated heterocycles. The summed E-state index contributed by atoms with van der Waals surface area (Å²) < 4.78 is 12.5. The number of hydrogen-bond acceptors (Lipinski definition) is 3. The summed E-state index contributed by atoms with van der Waals surface area (Å²) in [5.74, 6) is 1.59. The average Bonchev–Trinajstić information content (AvgIpc) is 2.76. The lowest BCUT2D eigenvalue weighted by Gasteiger charge is -2.12. The fourth-order valence-corrected chi connectivity index (χ4v) is 2.50. The van der Waals surface area contributed by atoms with E-state index in [0.717, 1.165) is 21.5 Å². The monoisotopic (exact) mass is 373 g/mol. The number of halogens is 2. The predicted octanol–water partition coefficient (Wildman–Crippen LogP) is 4.06. The fraction of sp³-hybridized carbons (Fsp3) is 0.231. The molecule has 0 bridgehead atoms. The van der Waals surface area contributed by atoms with E-state index in [9.17, 15) is 0 Å². The maximum atomic E-state index is 6.13. The van der Waals surface area contributed by atoms with Gasteiger partial charge in [0.05, 0.1) is 13.2 Å². The minimum absolute atomic E-state index is 0.195. The lowest BCUT2D eigenvalue weighted by Crippen LogP contribution is -2.13. The Morgan fingerprint density at radius 1 is 1.28 bits per heavy atom. The molecule has 0 radical (unpaired) electrons. The maximum absolute atomic E-state index is 6.13. The smallest absolute Gasteiger partial charge is 0.169 e. The first kappa shape index (κ1) is 13.6. The van der Waals surface area contributed by atoms with E-state index in [1.165, 1.54) is 0 Å². The molecule has 2 N–H and O–H groups in total. The van der Waals surface area contributed by atoms with Crippen molar-refractivity contribution in [3.05, 3.63) is 50.8 Å². The van der Waals surface area contributed by atoms with Crippen molar-refractivity contribution in [2.24, 2.45) is 5.73 Å². The quantitative estimate of drug-likeness (QED) is 0.877. The van der Waals surface area contributed by atoms with Crippen LogP contribution < -0.4 is 10.5 Å². The van der Waals surface area contributed by atoms with Crippen molar-refractivity contribution >= 4 is 31.9 Å². The molecule has 1 aromatic heterocycles.